The van der Waals surface area contributed by atoms with Crippen LogP contribution in [0.4, 0.5) is 26.3 Å². The SMILES string of the molecule is O=C(C=Cc1ccccc1)CC(O)(C(F)(F)F)C(F)(F)F. The van der Waals surface area contributed by atoms with Gasteiger partial charge in [-0.1, -0.05) is 36.4 Å². The number of rotatable bonds is 4. The van der Waals surface area contributed by atoms with Crippen LogP contribution < -0.4 is 0 Å². The number of hydrogen-bond donors (Lipinski definition) is 1. The third-order valence-corrected chi connectivity index (χ3v) is 2.63. The van der Waals surface area contributed by atoms with E-state index >= 15 is 0 Å². The largest absolute Gasteiger partial charge is 0.426 e. The average molecular weight is 312 g/mol. The summed E-state index contributed by atoms with van der Waals surface area (Å²) in [5.41, 5.74) is -4.63. The molecule has 0 aliphatic heterocycles. The van der Waals surface area contributed by atoms with Crippen molar-refractivity contribution in [2.45, 2.75) is 24.4 Å². The van der Waals surface area contributed by atoms with Crippen LogP contribution in [0.2, 0.25) is 0 Å². The minimum absolute atomic E-state index is 0.424. The van der Waals surface area contributed by atoms with E-state index in [1.54, 1.807) is 18.2 Å². The minimum atomic E-state index is -6.00. The number of halogens is 6. The molecule has 0 unspecified atom stereocenters. The first kappa shape index (κ1) is 17.2. The van der Waals surface area contributed by atoms with Crippen LogP contribution in [0.5, 0.6) is 0 Å². The van der Waals surface area contributed by atoms with E-state index in [2.05, 4.69) is 0 Å². The van der Waals surface area contributed by atoms with Crippen molar-refractivity contribution < 1.29 is 36.2 Å². The molecule has 0 fully saturated rings. The molecule has 0 aliphatic carbocycles. The molecular weight excluding hydrogens is 302 g/mol. The fraction of sp³-hybridized carbons (Fsp3) is 0.308. The molecule has 0 saturated heterocycles. The summed E-state index contributed by atoms with van der Waals surface area (Å²) >= 11 is 0. The van der Waals surface area contributed by atoms with Crippen LogP contribution in [0.1, 0.15) is 12.0 Å². The number of carbonyl (C=O) groups excluding carboxylic acids is 1. The Bertz CT molecular complexity index is 502. The number of carbonyl (C=O) groups is 1. The van der Waals surface area contributed by atoms with Crippen LogP contribution in [0.25, 0.3) is 6.08 Å². The molecule has 0 amide bonds. The lowest BCUT2D eigenvalue weighted by Gasteiger charge is -2.31. The van der Waals surface area contributed by atoms with Gasteiger partial charge < -0.3 is 5.11 Å². The molecule has 1 aromatic rings. The van der Waals surface area contributed by atoms with E-state index in [1.807, 2.05) is 0 Å². The van der Waals surface area contributed by atoms with Gasteiger partial charge in [0.05, 0.1) is 6.42 Å². The van der Waals surface area contributed by atoms with Crippen LogP contribution in [0.15, 0.2) is 36.4 Å². The molecule has 21 heavy (non-hydrogen) atoms. The Morgan fingerprint density at radius 1 is 1.00 bits per heavy atom. The van der Waals surface area contributed by atoms with Gasteiger partial charge in [0.2, 0.25) is 0 Å². The Labute approximate surface area is 115 Å². The molecule has 0 atom stereocenters. The third kappa shape index (κ3) is 4.07. The minimum Gasteiger partial charge on any atom is -0.373 e. The first-order valence-electron chi connectivity index (χ1n) is 5.59. The Morgan fingerprint density at radius 2 is 1.48 bits per heavy atom. The molecule has 1 aromatic carbocycles. The zero-order valence-electron chi connectivity index (χ0n) is 10.4. The highest BCUT2D eigenvalue weighted by Crippen LogP contribution is 2.45. The highest BCUT2D eigenvalue weighted by molar-refractivity contribution is 5.94. The molecule has 0 spiro atoms. The number of ketones is 1. The number of allylic oxidation sites excluding steroid dienone is 1. The second kappa shape index (κ2) is 5.88. The molecule has 0 bridgehead atoms. The lowest BCUT2D eigenvalue weighted by atomic mass is 9.95. The predicted octanol–water partition coefficient (Wildman–Crippen LogP) is 3.51. The highest BCUT2D eigenvalue weighted by atomic mass is 19.4. The van der Waals surface area contributed by atoms with Crippen molar-refractivity contribution in [3.8, 4) is 0 Å². The lowest BCUT2D eigenvalue weighted by Crippen LogP contribution is -2.57. The van der Waals surface area contributed by atoms with Crippen LogP contribution in [0, 0.1) is 0 Å². The van der Waals surface area contributed by atoms with Gasteiger partial charge in [-0.2, -0.15) is 26.3 Å². The number of hydrogen-bond acceptors (Lipinski definition) is 2. The first-order chi connectivity index (χ1) is 9.47. The topological polar surface area (TPSA) is 37.3 Å². The summed E-state index contributed by atoms with van der Waals surface area (Å²) in [5, 5.41) is 8.85. The van der Waals surface area contributed by atoms with Gasteiger partial charge in [-0.05, 0) is 11.6 Å². The molecule has 2 nitrogen and oxygen atoms in total. The molecule has 1 rings (SSSR count). The van der Waals surface area contributed by atoms with Crippen LogP contribution in [-0.2, 0) is 4.79 Å². The van der Waals surface area contributed by atoms with Crippen molar-refractivity contribution >= 4 is 11.9 Å². The van der Waals surface area contributed by atoms with Gasteiger partial charge in [-0.25, -0.2) is 0 Å². The summed E-state index contributed by atoms with van der Waals surface area (Å²) in [5.74, 6) is -1.49. The van der Waals surface area contributed by atoms with Crippen molar-refractivity contribution in [3.05, 3.63) is 42.0 Å². The van der Waals surface area contributed by atoms with Gasteiger partial charge in [-0.3, -0.25) is 4.79 Å². The quantitative estimate of drug-likeness (QED) is 0.682. The van der Waals surface area contributed by atoms with E-state index in [9.17, 15) is 31.1 Å². The Kier molecular flexibility index (Phi) is 4.83. The van der Waals surface area contributed by atoms with E-state index in [1.165, 1.54) is 12.1 Å². The normalized spacial score (nSPS) is 13.7. The predicted molar refractivity (Wildman–Crippen MR) is 62.2 cm³/mol. The van der Waals surface area contributed by atoms with Gasteiger partial charge in [0, 0.05) is 0 Å². The van der Waals surface area contributed by atoms with Crippen molar-refractivity contribution in [2.24, 2.45) is 0 Å². The van der Waals surface area contributed by atoms with E-state index in [0.29, 0.717) is 11.6 Å². The molecule has 0 heterocycles. The van der Waals surface area contributed by atoms with Gasteiger partial charge in [0.1, 0.15) is 0 Å². The standard InChI is InChI=1S/C13H10F6O2/c14-12(15,16)11(21,13(17,18)19)8-10(20)7-6-9-4-2-1-3-5-9/h1-7,21H,8H2. The summed E-state index contributed by atoms with van der Waals surface area (Å²) in [6.07, 6.45) is -12.5. The second-order valence-electron chi connectivity index (χ2n) is 4.24. The van der Waals surface area contributed by atoms with Crippen molar-refractivity contribution in [2.75, 3.05) is 0 Å². The average Bonchev–Trinajstić information content (AvgIpc) is 2.35. The Balaban J connectivity index is 2.91. The zero-order chi connectivity index (χ0) is 16.3. The maximum absolute atomic E-state index is 12.4. The lowest BCUT2D eigenvalue weighted by molar-refractivity contribution is -0.366. The number of aliphatic hydroxyl groups is 1. The molecule has 0 aliphatic rings. The summed E-state index contributed by atoms with van der Waals surface area (Å²) in [7, 11) is 0. The van der Waals surface area contributed by atoms with Crippen molar-refractivity contribution in [1.82, 2.24) is 0 Å². The van der Waals surface area contributed by atoms with Crippen LogP contribution in [-0.4, -0.2) is 28.8 Å². The number of alkyl halides is 6. The van der Waals surface area contributed by atoms with Crippen molar-refractivity contribution in [3.63, 3.8) is 0 Å². The molecule has 8 heteroatoms. The fourth-order valence-corrected chi connectivity index (χ4v) is 1.43. The number of benzene rings is 1. The van der Waals surface area contributed by atoms with Gasteiger partial charge in [0.15, 0.2) is 5.78 Å². The monoisotopic (exact) mass is 312 g/mol. The maximum atomic E-state index is 12.4. The van der Waals surface area contributed by atoms with Crippen LogP contribution >= 0.6 is 0 Å². The Morgan fingerprint density at radius 3 is 1.90 bits per heavy atom. The molecule has 0 saturated carbocycles. The molecule has 116 valence electrons. The second-order valence-corrected chi connectivity index (χ2v) is 4.24. The zero-order valence-corrected chi connectivity index (χ0v) is 10.4. The fourth-order valence-electron chi connectivity index (χ4n) is 1.43. The Hall–Kier alpha value is -1.83. The molecular formula is C13H10F6O2. The van der Waals surface area contributed by atoms with Gasteiger partial charge in [-0.15, -0.1) is 0 Å². The van der Waals surface area contributed by atoms with Crippen LogP contribution in [0.3, 0.4) is 0 Å². The van der Waals surface area contributed by atoms with Crippen molar-refractivity contribution in [1.29, 1.82) is 0 Å². The first-order valence-corrected chi connectivity index (χ1v) is 5.59. The van der Waals surface area contributed by atoms with E-state index < -0.39 is 30.2 Å². The highest BCUT2D eigenvalue weighted by Gasteiger charge is 2.70. The maximum Gasteiger partial charge on any atom is 0.426 e. The van der Waals surface area contributed by atoms with E-state index in [0.717, 1.165) is 6.08 Å². The summed E-state index contributed by atoms with van der Waals surface area (Å²) in [4.78, 5) is 11.3. The molecule has 0 radical (unpaired) electrons. The summed E-state index contributed by atoms with van der Waals surface area (Å²) in [6.45, 7) is 0. The summed E-state index contributed by atoms with van der Waals surface area (Å²) < 4.78 is 74.3. The third-order valence-electron chi connectivity index (χ3n) is 2.63. The smallest absolute Gasteiger partial charge is 0.373 e. The molecule has 1 N–H and O–H groups in total. The van der Waals surface area contributed by atoms with E-state index in [-0.39, 0.29) is 0 Å². The van der Waals surface area contributed by atoms with Gasteiger partial charge in [0.25, 0.3) is 5.60 Å². The summed E-state index contributed by atoms with van der Waals surface area (Å²) in [6, 6.07) is 7.80. The van der Waals surface area contributed by atoms with Gasteiger partial charge >= 0.3 is 12.4 Å². The molecule has 0 aromatic heterocycles. The van der Waals surface area contributed by atoms with E-state index in [4.69, 9.17) is 5.11 Å².